The predicted octanol–water partition coefficient (Wildman–Crippen LogP) is 3.16. The maximum absolute atomic E-state index is 12.2. The first-order valence-corrected chi connectivity index (χ1v) is 8.53. The van der Waals surface area contributed by atoms with E-state index in [1.807, 2.05) is 39.2 Å². The molecule has 24 heavy (non-hydrogen) atoms. The van der Waals surface area contributed by atoms with Gasteiger partial charge in [-0.1, -0.05) is 6.07 Å². The first-order chi connectivity index (χ1) is 11.5. The first-order valence-electron chi connectivity index (χ1n) is 7.74. The van der Waals surface area contributed by atoms with Gasteiger partial charge in [0.25, 0.3) is 5.91 Å². The summed E-state index contributed by atoms with van der Waals surface area (Å²) in [5.74, 6) is 0.382. The van der Waals surface area contributed by atoms with Crippen LogP contribution >= 0.6 is 15.9 Å². The zero-order valence-corrected chi connectivity index (χ0v) is 15.7. The Balaban J connectivity index is 1.91. The van der Waals surface area contributed by atoms with Crippen LogP contribution in [-0.2, 0) is 0 Å². The molecule has 6 nitrogen and oxygen atoms in total. The van der Waals surface area contributed by atoms with Gasteiger partial charge in [0.15, 0.2) is 0 Å². The molecule has 0 spiro atoms. The van der Waals surface area contributed by atoms with Crippen molar-refractivity contribution >= 4 is 33.3 Å². The van der Waals surface area contributed by atoms with E-state index < -0.39 is 0 Å². The molecule has 128 valence electrons. The molecule has 0 saturated carbocycles. The van der Waals surface area contributed by atoms with Crippen LogP contribution in [0.5, 0.6) is 0 Å². The van der Waals surface area contributed by atoms with Gasteiger partial charge in [-0.05, 0) is 67.6 Å². The van der Waals surface area contributed by atoms with Crippen molar-refractivity contribution < 1.29 is 4.79 Å². The number of aryl methyl sites for hydroxylation is 1. The lowest BCUT2D eigenvalue weighted by Crippen LogP contribution is -2.17. The molecule has 7 heteroatoms. The summed E-state index contributed by atoms with van der Waals surface area (Å²) in [4.78, 5) is 22.8. The molecule has 1 aromatic heterocycles. The molecule has 2 rings (SSSR count). The van der Waals surface area contributed by atoms with Crippen LogP contribution in [0, 0.1) is 6.92 Å². The number of nitrogens with one attached hydrogen (secondary N) is 2. The van der Waals surface area contributed by atoms with Gasteiger partial charge >= 0.3 is 0 Å². The molecule has 0 saturated heterocycles. The number of nitrogens with zero attached hydrogens (tertiary/aromatic N) is 3. The molecule has 2 aromatic rings. The molecule has 1 aromatic carbocycles. The summed E-state index contributed by atoms with van der Waals surface area (Å²) in [6.07, 6.45) is 4.07. The van der Waals surface area contributed by atoms with E-state index in [1.54, 1.807) is 6.20 Å². The number of carbonyl (C=O) groups is 1. The van der Waals surface area contributed by atoms with Gasteiger partial charge in [0.05, 0.1) is 18.1 Å². The molecule has 0 bridgehead atoms. The van der Waals surface area contributed by atoms with Crippen molar-refractivity contribution in [3.05, 3.63) is 46.3 Å². The fraction of sp³-hybridized carbons (Fsp3) is 0.353. The molecule has 0 unspecified atom stereocenters. The number of benzene rings is 1. The van der Waals surface area contributed by atoms with E-state index in [-0.39, 0.29) is 11.6 Å². The largest absolute Gasteiger partial charge is 0.369 e. The highest BCUT2D eigenvalue weighted by atomic mass is 79.9. The van der Waals surface area contributed by atoms with Crippen LogP contribution in [0.1, 0.15) is 22.5 Å². The number of rotatable bonds is 7. The Kier molecular flexibility index (Phi) is 6.69. The zero-order chi connectivity index (χ0) is 17.5. The highest BCUT2D eigenvalue weighted by Gasteiger charge is 2.10. The van der Waals surface area contributed by atoms with E-state index >= 15 is 0 Å². The lowest BCUT2D eigenvalue weighted by atomic mass is 10.2. The summed E-state index contributed by atoms with van der Waals surface area (Å²) in [5, 5.41) is 6.02. The molecule has 2 N–H and O–H groups in total. The highest BCUT2D eigenvalue weighted by molar-refractivity contribution is 9.10. The van der Waals surface area contributed by atoms with Crippen molar-refractivity contribution in [2.75, 3.05) is 37.8 Å². The number of hydrogen-bond acceptors (Lipinski definition) is 5. The van der Waals surface area contributed by atoms with Crippen LogP contribution in [0.3, 0.4) is 0 Å². The van der Waals surface area contributed by atoms with Crippen LogP contribution in [0.4, 0.5) is 11.5 Å². The van der Waals surface area contributed by atoms with Crippen LogP contribution in [0.2, 0.25) is 0 Å². The third-order valence-electron chi connectivity index (χ3n) is 3.35. The van der Waals surface area contributed by atoms with Gasteiger partial charge in [-0.15, -0.1) is 0 Å². The summed E-state index contributed by atoms with van der Waals surface area (Å²) in [7, 11) is 4.08. The van der Waals surface area contributed by atoms with E-state index in [0.717, 1.165) is 29.5 Å². The van der Waals surface area contributed by atoms with Gasteiger partial charge in [-0.3, -0.25) is 4.79 Å². The molecular formula is C17H22BrN5O. The van der Waals surface area contributed by atoms with Crippen LogP contribution in [-0.4, -0.2) is 48.0 Å². The fourth-order valence-corrected chi connectivity index (χ4v) is 2.65. The lowest BCUT2D eigenvalue weighted by Gasteiger charge is -2.10. The van der Waals surface area contributed by atoms with Crippen LogP contribution in [0.15, 0.2) is 35.1 Å². The number of carbonyl (C=O) groups excluding carboxylic acids is 1. The summed E-state index contributed by atoms with van der Waals surface area (Å²) < 4.78 is 0.836. The molecule has 0 atom stereocenters. The average molecular weight is 392 g/mol. The monoisotopic (exact) mass is 391 g/mol. The fourth-order valence-electron chi connectivity index (χ4n) is 2.06. The predicted molar refractivity (Wildman–Crippen MR) is 101 cm³/mol. The molecule has 0 radical (unpaired) electrons. The molecule has 0 aliphatic rings. The molecule has 0 aliphatic heterocycles. The second-order valence-electron chi connectivity index (χ2n) is 5.81. The minimum atomic E-state index is -0.286. The van der Waals surface area contributed by atoms with E-state index in [1.165, 1.54) is 6.20 Å². The van der Waals surface area contributed by atoms with Crippen molar-refractivity contribution in [2.45, 2.75) is 13.3 Å². The van der Waals surface area contributed by atoms with Gasteiger partial charge in [-0.25, -0.2) is 9.97 Å². The van der Waals surface area contributed by atoms with E-state index in [2.05, 4.69) is 41.4 Å². The molecule has 1 amide bonds. The third kappa shape index (κ3) is 5.58. The van der Waals surface area contributed by atoms with E-state index in [4.69, 9.17) is 0 Å². The Morgan fingerprint density at radius 2 is 2.04 bits per heavy atom. The molecular weight excluding hydrogens is 370 g/mol. The number of amides is 1. The van der Waals surface area contributed by atoms with Gasteiger partial charge in [0.2, 0.25) is 0 Å². The summed E-state index contributed by atoms with van der Waals surface area (Å²) >= 11 is 3.44. The van der Waals surface area contributed by atoms with Crippen molar-refractivity contribution in [3.8, 4) is 0 Å². The number of halogens is 1. The summed E-state index contributed by atoms with van der Waals surface area (Å²) in [6, 6.07) is 5.74. The Hall–Kier alpha value is -1.99. The topological polar surface area (TPSA) is 70.2 Å². The quantitative estimate of drug-likeness (QED) is 0.709. The summed E-state index contributed by atoms with van der Waals surface area (Å²) in [5.41, 5.74) is 2.10. The van der Waals surface area contributed by atoms with E-state index in [9.17, 15) is 4.79 Å². The maximum Gasteiger partial charge on any atom is 0.275 e. The maximum atomic E-state index is 12.2. The summed E-state index contributed by atoms with van der Waals surface area (Å²) in [6.45, 7) is 3.81. The van der Waals surface area contributed by atoms with Gasteiger partial charge < -0.3 is 15.5 Å². The molecule has 0 fully saturated rings. The minimum Gasteiger partial charge on any atom is -0.369 e. The van der Waals surface area contributed by atoms with Crippen molar-refractivity contribution in [3.63, 3.8) is 0 Å². The number of hydrogen-bond donors (Lipinski definition) is 2. The van der Waals surface area contributed by atoms with Crippen LogP contribution in [0.25, 0.3) is 0 Å². The number of aromatic nitrogens is 2. The Labute approximate surface area is 150 Å². The SMILES string of the molecule is Cc1ccc(NC(=O)c2cnc(NCCCN(C)C)cn2)c(Br)c1. The average Bonchev–Trinajstić information content (AvgIpc) is 2.54. The van der Waals surface area contributed by atoms with Crippen LogP contribution < -0.4 is 10.6 Å². The lowest BCUT2D eigenvalue weighted by molar-refractivity contribution is 0.102. The first kappa shape index (κ1) is 18.4. The van der Waals surface area contributed by atoms with Gasteiger partial charge in [0.1, 0.15) is 11.5 Å². The van der Waals surface area contributed by atoms with Gasteiger partial charge in [-0.2, -0.15) is 0 Å². The second kappa shape index (κ2) is 8.75. The molecule has 0 aliphatic carbocycles. The smallest absolute Gasteiger partial charge is 0.275 e. The Morgan fingerprint density at radius 3 is 2.67 bits per heavy atom. The Bertz CT molecular complexity index is 688. The number of anilines is 2. The second-order valence-corrected chi connectivity index (χ2v) is 6.66. The standard InChI is InChI=1S/C17H22BrN5O/c1-12-5-6-14(13(18)9-12)22-17(24)15-10-21-16(11-20-15)19-7-4-8-23(2)3/h5-6,9-11H,4,7-8H2,1-3H3,(H,19,21)(H,22,24). The molecule has 1 heterocycles. The minimum absolute atomic E-state index is 0.279. The van der Waals surface area contributed by atoms with Gasteiger partial charge in [0, 0.05) is 11.0 Å². The van der Waals surface area contributed by atoms with Crippen molar-refractivity contribution in [1.82, 2.24) is 14.9 Å². The Morgan fingerprint density at radius 1 is 1.25 bits per heavy atom. The van der Waals surface area contributed by atoms with Crippen molar-refractivity contribution in [1.29, 1.82) is 0 Å². The normalized spacial score (nSPS) is 10.7. The highest BCUT2D eigenvalue weighted by Crippen LogP contribution is 2.23. The van der Waals surface area contributed by atoms with Crippen molar-refractivity contribution in [2.24, 2.45) is 0 Å². The van der Waals surface area contributed by atoms with E-state index in [0.29, 0.717) is 11.5 Å². The zero-order valence-electron chi connectivity index (χ0n) is 14.1. The third-order valence-corrected chi connectivity index (χ3v) is 4.00.